The van der Waals surface area contributed by atoms with Crippen LogP contribution in [0.3, 0.4) is 0 Å². The minimum absolute atomic E-state index is 0.183. The van der Waals surface area contributed by atoms with Gasteiger partial charge < -0.3 is 18.9 Å². The van der Waals surface area contributed by atoms with Crippen LogP contribution in [0.4, 0.5) is 13.2 Å². The molecule has 0 bridgehead atoms. The van der Waals surface area contributed by atoms with Crippen molar-refractivity contribution in [2.24, 2.45) is 0 Å². The quantitative estimate of drug-likeness (QED) is 0.509. The maximum atomic E-state index is 12.7. The van der Waals surface area contributed by atoms with Gasteiger partial charge in [-0.15, -0.1) is 0 Å². The molecule has 3 rings (SSSR count). The summed E-state index contributed by atoms with van der Waals surface area (Å²) >= 11 is 0. The van der Waals surface area contributed by atoms with Crippen LogP contribution in [-0.2, 0) is 6.18 Å². The number of aromatic nitrogens is 1. The first-order valence-corrected chi connectivity index (χ1v) is 9.84. The number of methoxy groups -OCH3 is 4. The lowest BCUT2D eigenvalue weighted by atomic mass is 10.1. The molecule has 1 heterocycles. The number of hydrogen-bond acceptors (Lipinski definition) is 5. The van der Waals surface area contributed by atoms with Gasteiger partial charge in [0.25, 0.3) is 0 Å². The summed E-state index contributed by atoms with van der Waals surface area (Å²) in [4.78, 5) is 3.76. The van der Waals surface area contributed by atoms with Crippen LogP contribution in [0.25, 0.3) is 0 Å². The number of ether oxygens (including phenoxy) is 4. The maximum Gasteiger partial charge on any atom is 0.417 e. The monoisotopic (exact) mass is 467 g/mol. The van der Waals surface area contributed by atoms with Crippen molar-refractivity contribution in [3.63, 3.8) is 0 Å². The van der Waals surface area contributed by atoms with E-state index >= 15 is 0 Å². The van der Waals surface area contributed by atoms with Crippen LogP contribution >= 0.6 is 0 Å². The minimum Gasteiger partial charge on any atom is -0.497 e. The number of halogens is 3. The van der Waals surface area contributed by atoms with Gasteiger partial charge in [0.2, 0.25) is 0 Å². The molecule has 0 saturated carbocycles. The van der Waals surface area contributed by atoms with Crippen molar-refractivity contribution in [2.45, 2.75) is 6.18 Å². The predicted molar refractivity (Wildman–Crippen MR) is 120 cm³/mol. The van der Waals surface area contributed by atoms with Crippen LogP contribution in [0.5, 0.6) is 23.0 Å². The molecule has 0 fully saturated rings. The van der Waals surface area contributed by atoms with Crippen LogP contribution < -0.4 is 18.9 Å². The van der Waals surface area contributed by atoms with Crippen molar-refractivity contribution in [3.05, 3.63) is 76.6 Å². The van der Waals surface area contributed by atoms with Crippen molar-refractivity contribution in [1.82, 2.24) is 4.98 Å². The van der Waals surface area contributed by atoms with Gasteiger partial charge in [-0.05, 0) is 36.3 Å². The zero-order valence-corrected chi connectivity index (χ0v) is 18.8. The van der Waals surface area contributed by atoms with Crippen LogP contribution in [0.2, 0.25) is 0 Å². The second-order valence-corrected chi connectivity index (χ2v) is 6.75. The molecule has 0 aliphatic heterocycles. The van der Waals surface area contributed by atoms with Crippen LogP contribution in [0, 0.1) is 23.7 Å². The number of pyridine rings is 1. The van der Waals surface area contributed by atoms with Gasteiger partial charge in [-0.1, -0.05) is 17.8 Å². The molecule has 0 radical (unpaired) electrons. The Labute approximate surface area is 195 Å². The average Bonchev–Trinajstić information content (AvgIpc) is 2.85. The molecular formula is C26H20F3NO4. The molecule has 0 aliphatic carbocycles. The van der Waals surface area contributed by atoms with Gasteiger partial charge >= 0.3 is 6.18 Å². The fourth-order valence-corrected chi connectivity index (χ4v) is 2.91. The largest absolute Gasteiger partial charge is 0.497 e. The van der Waals surface area contributed by atoms with Gasteiger partial charge in [-0.2, -0.15) is 13.2 Å². The molecule has 0 saturated heterocycles. The molecule has 8 heteroatoms. The zero-order valence-electron chi connectivity index (χ0n) is 18.8. The van der Waals surface area contributed by atoms with Gasteiger partial charge in [0, 0.05) is 18.3 Å². The van der Waals surface area contributed by atoms with E-state index in [9.17, 15) is 13.2 Å². The van der Waals surface area contributed by atoms with E-state index in [1.54, 1.807) is 44.6 Å². The molecule has 0 spiro atoms. The molecule has 0 N–H and O–H groups in total. The van der Waals surface area contributed by atoms with Gasteiger partial charge in [0.1, 0.15) is 28.7 Å². The highest BCUT2D eigenvalue weighted by Gasteiger charge is 2.30. The van der Waals surface area contributed by atoms with Gasteiger partial charge in [-0.25, -0.2) is 4.98 Å². The molecule has 1 aromatic heterocycles. The normalized spacial score (nSPS) is 10.3. The number of alkyl halides is 3. The SMILES string of the molecule is COc1ccc(OC)c(C#Cc2cc(OC)c(C#Cc3ccc(C(F)(F)F)cn3)cc2OC)c1. The Bertz CT molecular complexity index is 1290. The Morgan fingerprint density at radius 2 is 1.21 bits per heavy atom. The highest BCUT2D eigenvalue weighted by Crippen LogP contribution is 2.30. The highest BCUT2D eigenvalue weighted by atomic mass is 19.4. The molecule has 0 aliphatic rings. The fourth-order valence-electron chi connectivity index (χ4n) is 2.91. The lowest BCUT2D eigenvalue weighted by Crippen LogP contribution is -2.05. The summed E-state index contributed by atoms with van der Waals surface area (Å²) in [5.41, 5.74) is 0.976. The summed E-state index contributed by atoms with van der Waals surface area (Å²) in [6, 6.07) is 10.7. The Morgan fingerprint density at radius 1 is 0.647 bits per heavy atom. The third-order valence-electron chi connectivity index (χ3n) is 4.68. The minimum atomic E-state index is -4.46. The topological polar surface area (TPSA) is 49.8 Å². The third kappa shape index (κ3) is 5.73. The molecule has 0 unspecified atom stereocenters. The highest BCUT2D eigenvalue weighted by molar-refractivity contribution is 5.61. The average molecular weight is 467 g/mol. The third-order valence-corrected chi connectivity index (χ3v) is 4.68. The molecule has 2 aromatic carbocycles. The van der Waals surface area contributed by atoms with E-state index in [2.05, 4.69) is 28.7 Å². The lowest BCUT2D eigenvalue weighted by Gasteiger charge is -2.09. The van der Waals surface area contributed by atoms with E-state index in [1.807, 2.05) is 0 Å². The zero-order chi connectivity index (χ0) is 24.7. The van der Waals surface area contributed by atoms with E-state index in [1.165, 1.54) is 20.3 Å². The van der Waals surface area contributed by atoms with E-state index in [0.717, 1.165) is 12.3 Å². The molecular weight excluding hydrogens is 447 g/mol. The molecule has 34 heavy (non-hydrogen) atoms. The van der Waals surface area contributed by atoms with Gasteiger partial charge in [0.05, 0.1) is 50.7 Å². The van der Waals surface area contributed by atoms with E-state index in [4.69, 9.17) is 18.9 Å². The second kappa shape index (κ2) is 10.5. The molecule has 0 atom stereocenters. The number of rotatable bonds is 4. The standard InChI is InChI=1S/C26H20F3NO4/c1-31-22-11-12-23(32-2)17(13-22)5-6-18-14-25(34-4)19(15-24(18)33-3)7-9-21-10-8-20(16-30-21)26(27,28)29/h8,10-16H,1-4H3. The van der Waals surface area contributed by atoms with Crippen molar-refractivity contribution < 1.29 is 32.1 Å². The first kappa shape index (κ1) is 24.3. The molecule has 0 amide bonds. The van der Waals surface area contributed by atoms with Crippen LogP contribution in [0.15, 0.2) is 48.7 Å². The van der Waals surface area contributed by atoms with Gasteiger partial charge in [0.15, 0.2) is 0 Å². The lowest BCUT2D eigenvalue weighted by molar-refractivity contribution is -0.137. The molecule has 5 nitrogen and oxygen atoms in total. The molecule has 3 aromatic rings. The Morgan fingerprint density at radius 3 is 1.68 bits per heavy atom. The Kier molecular flexibility index (Phi) is 7.55. The second-order valence-electron chi connectivity index (χ2n) is 6.75. The van der Waals surface area contributed by atoms with Crippen molar-refractivity contribution in [1.29, 1.82) is 0 Å². The van der Waals surface area contributed by atoms with Crippen LogP contribution in [-0.4, -0.2) is 33.4 Å². The summed E-state index contributed by atoms with van der Waals surface area (Å²) in [6.45, 7) is 0. The summed E-state index contributed by atoms with van der Waals surface area (Å²) < 4.78 is 59.6. The summed E-state index contributed by atoms with van der Waals surface area (Å²) in [6.07, 6.45) is -3.71. The number of hydrogen-bond donors (Lipinski definition) is 0. The maximum absolute atomic E-state index is 12.7. The van der Waals surface area contributed by atoms with Crippen LogP contribution in [0.1, 0.15) is 27.9 Å². The fraction of sp³-hybridized carbons (Fsp3) is 0.192. The van der Waals surface area contributed by atoms with E-state index in [-0.39, 0.29) is 5.69 Å². The first-order valence-electron chi connectivity index (χ1n) is 9.84. The Hall–Kier alpha value is -4.30. The summed E-state index contributed by atoms with van der Waals surface area (Å²) in [5, 5.41) is 0. The Balaban J connectivity index is 1.97. The molecule has 174 valence electrons. The van der Waals surface area contributed by atoms with Gasteiger partial charge in [-0.3, -0.25) is 0 Å². The van der Waals surface area contributed by atoms with Crippen molar-refractivity contribution >= 4 is 0 Å². The summed E-state index contributed by atoms with van der Waals surface area (Å²) in [5.74, 6) is 13.8. The van der Waals surface area contributed by atoms with E-state index < -0.39 is 11.7 Å². The van der Waals surface area contributed by atoms with E-state index in [0.29, 0.717) is 39.7 Å². The first-order chi connectivity index (χ1) is 16.3. The van der Waals surface area contributed by atoms with Crippen molar-refractivity contribution in [3.8, 4) is 46.7 Å². The summed E-state index contributed by atoms with van der Waals surface area (Å²) in [7, 11) is 6.09. The van der Waals surface area contributed by atoms with Crippen molar-refractivity contribution in [2.75, 3.05) is 28.4 Å². The predicted octanol–water partition coefficient (Wildman–Crippen LogP) is 4.93. The number of nitrogens with zero attached hydrogens (tertiary/aromatic N) is 1. The number of benzene rings is 2. The smallest absolute Gasteiger partial charge is 0.417 e.